The number of hydrogen-bond acceptors (Lipinski definition) is 6. The van der Waals surface area contributed by atoms with Gasteiger partial charge in [-0.05, 0) is 18.6 Å². The largest absolute Gasteiger partial charge is 0.496 e. The molecule has 0 aliphatic rings. The van der Waals surface area contributed by atoms with Crippen molar-refractivity contribution in [2.75, 3.05) is 24.7 Å². The molecule has 0 spiro atoms. The zero-order chi connectivity index (χ0) is 18.9. The average Bonchev–Trinajstić information content (AvgIpc) is 3.08. The zero-order valence-corrected chi connectivity index (χ0v) is 16.3. The van der Waals surface area contributed by atoms with Gasteiger partial charge in [-0.25, -0.2) is 4.98 Å². The van der Waals surface area contributed by atoms with Crippen molar-refractivity contribution >= 4 is 24.4 Å². The highest BCUT2D eigenvalue weighted by atomic mass is 32.1. The van der Waals surface area contributed by atoms with Crippen LogP contribution in [-0.2, 0) is 11.3 Å². The fourth-order valence-corrected chi connectivity index (χ4v) is 2.94. The molecule has 2 rings (SSSR count). The van der Waals surface area contributed by atoms with E-state index >= 15 is 0 Å². The Balaban J connectivity index is 2.28. The summed E-state index contributed by atoms with van der Waals surface area (Å²) in [5, 5.41) is 3.13. The third-order valence-electron chi connectivity index (χ3n) is 4.25. The van der Waals surface area contributed by atoms with Gasteiger partial charge in [0.25, 0.3) is 0 Å². The highest BCUT2D eigenvalue weighted by molar-refractivity contribution is 7.80. The maximum atomic E-state index is 12.0. The molecule has 0 aliphatic carbocycles. The number of ketones is 1. The molecule has 2 aromatic rings. The number of rotatable bonds is 11. The second kappa shape index (κ2) is 10.2. The van der Waals surface area contributed by atoms with Crippen LogP contribution in [0.25, 0.3) is 11.3 Å². The van der Waals surface area contributed by atoms with Crippen LogP contribution < -0.4 is 15.8 Å². The molecule has 0 fully saturated rings. The van der Waals surface area contributed by atoms with Crippen LogP contribution in [0.4, 0.5) is 5.95 Å². The minimum absolute atomic E-state index is 0.0815. The number of unbranched alkanes of at least 4 members (excludes halogenated alkanes) is 2. The van der Waals surface area contributed by atoms with Crippen molar-refractivity contribution in [3.8, 4) is 17.0 Å². The van der Waals surface area contributed by atoms with E-state index < -0.39 is 6.04 Å². The average molecular weight is 377 g/mol. The van der Waals surface area contributed by atoms with Crippen molar-refractivity contribution in [2.24, 2.45) is 5.73 Å². The number of thiol groups is 1. The molecule has 1 atom stereocenters. The molecule has 0 saturated heterocycles. The van der Waals surface area contributed by atoms with E-state index in [9.17, 15) is 4.79 Å². The first-order chi connectivity index (χ1) is 12.6. The number of aromatic nitrogens is 2. The summed E-state index contributed by atoms with van der Waals surface area (Å²) in [5.74, 6) is 1.71. The molecule has 7 heteroatoms. The molecular formula is C19H28N4O2S. The standard InChI is InChI=1S/C19H28N4O2S/c1-3-4-7-10-23-16(14-8-5-6-9-18(14)25-2)11-21-19(23)22-12-17(24)15(20)13-26/h5-6,8-9,11,15,26H,3-4,7,10,12-13,20H2,1-2H3,(H,21,22). The van der Waals surface area contributed by atoms with Gasteiger partial charge in [0.05, 0.1) is 31.6 Å². The van der Waals surface area contributed by atoms with Crippen LogP contribution in [0.1, 0.15) is 26.2 Å². The van der Waals surface area contributed by atoms with E-state index in [-0.39, 0.29) is 12.3 Å². The number of nitrogens with zero attached hydrogens (tertiary/aromatic N) is 2. The van der Waals surface area contributed by atoms with E-state index in [1.165, 1.54) is 0 Å². The number of nitrogens with two attached hydrogens (primary N) is 1. The van der Waals surface area contributed by atoms with E-state index in [1.54, 1.807) is 7.11 Å². The summed E-state index contributed by atoms with van der Waals surface area (Å²) in [6.45, 7) is 3.12. The molecule has 26 heavy (non-hydrogen) atoms. The van der Waals surface area contributed by atoms with E-state index in [4.69, 9.17) is 10.5 Å². The minimum atomic E-state index is -0.567. The van der Waals surface area contributed by atoms with Crippen molar-refractivity contribution in [1.29, 1.82) is 0 Å². The topological polar surface area (TPSA) is 82.2 Å². The van der Waals surface area contributed by atoms with Gasteiger partial charge in [-0.1, -0.05) is 31.9 Å². The van der Waals surface area contributed by atoms with Crippen molar-refractivity contribution in [3.63, 3.8) is 0 Å². The minimum Gasteiger partial charge on any atom is -0.496 e. The summed E-state index contributed by atoms with van der Waals surface area (Å²) in [6.07, 6.45) is 5.12. The molecule has 6 nitrogen and oxygen atoms in total. The van der Waals surface area contributed by atoms with Crippen LogP contribution in [-0.4, -0.2) is 40.8 Å². The molecular weight excluding hydrogens is 348 g/mol. The number of carbonyl (C=O) groups excluding carboxylic acids is 1. The lowest BCUT2D eigenvalue weighted by atomic mass is 10.1. The molecule has 1 heterocycles. The summed E-state index contributed by atoms with van der Waals surface area (Å²) >= 11 is 4.08. The molecule has 0 aliphatic heterocycles. The van der Waals surface area contributed by atoms with Crippen molar-refractivity contribution < 1.29 is 9.53 Å². The lowest BCUT2D eigenvalue weighted by Crippen LogP contribution is -2.36. The second-order valence-corrected chi connectivity index (χ2v) is 6.50. The lowest BCUT2D eigenvalue weighted by molar-refractivity contribution is -0.118. The van der Waals surface area contributed by atoms with Crippen molar-refractivity contribution in [3.05, 3.63) is 30.5 Å². The van der Waals surface area contributed by atoms with Crippen LogP contribution in [0.2, 0.25) is 0 Å². The van der Waals surface area contributed by atoms with Crippen LogP contribution >= 0.6 is 12.6 Å². The zero-order valence-electron chi connectivity index (χ0n) is 15.4. The number of imidazole rings is 1. The maximum Gasteiger partial charge on any atom is 0.203 e. The summed E-state index contributed by atoms with van der Waals surface area (Å²) in [6, 6.07) is 7.29. The number of carbonyl (C=O) groups is 1. The first-order valence-electron chi connectivity index (χ1n) is 8.94. The molecule has 0 saturated carbocycles. The molecule has 0 bridgehead atoms. The van der Waals surface area contributed by atoms with Gasteiger partial charge in [-0.3, -0.25) is 4.79 Å². The fourth-order valence-electron chi connectivity index (χ4n) is 2.73. The molecule has 0 radical (unpaired) electrons. The lowest BCUT2D eigenvalue weighted by Gasteiger charge is -2.15. The third kappa shape index (κ3) is 5.02. The molecule has 0 amide bonds. The summed E-state index contributed by atoms with van der Waals surface area (Å²) in [5.41, 5.74) is 7.68. The molecule has 142 valence electrons. The number of para-hydroxylation sites is 1. The summed E-state index contributed by atoms with van der Waals surface area (Å²) in [4.78, 5) is 16.5. The number of anilines is 1. The fraction of sp³-hybridized carbons (Fsp3) is 0.474. The number of benzene rings is 1. The highest BCUT2D eigenvalue weighted by Crippen LogP contribution is 2.31. The number of Topliss-reactive ketones (excluding diaryl/α,β-unsaturated/α-hetero) is 1. The smallest absolute Gasteiger partial charge is 0.203 e. The van der Waals surface area contributed by atoms with Crippen LogP contribution in [0.3, 0.4) is 0 Å². The number of ether oxygens (including phenoxy) is 1. The van der Waals surface area contributed by atoms with Gasteiger partial charge in [-0.2, -0.15) is 12.6 Å². The Kier molecular flexibility index (Phi) is 8.00. The van der Waals surface area contributed by atoms with Crippen LogP contribution in [0.15, 0.2) is 30.5 Å². The van der Waals surface area contributed by atoms with E-state index in [0.29, 0.717) is 11.7 Å². The molecule has 1 aromatic heterocycles. The summed E-state index contributed by atoms with van der Waals surface area (Å²) < 4.78 is 7.60. The van der Waals surface area contributed by atoms with Crippen LogP contribution in [0.5, 0.6) is 5.75 Å². The third-order valence-corrected chi connectivity index (χ3v) is 4.65. The Morgan fingerprint density at radius 2 is 2.15 bits per heavy atom. The van der Waals surface area contributed by atoms with Gasteiger partial charge in [0.15, 0.2) is 5.78 Å². The quantitative estimate of drug-likeness (QED) is 0.415. The Labute approximate surface area is 160 Å². The Morgan fingerprint density at radius 1 is 1.38 bits per heavy atom. The maximum absolute atomic E-state index is 12.0. The van der Waals surface area contributed by atoms with Gasteiger partial charge >= 0.3 is 0 Å². The number of methoxy groups -OCH3 is 1. The predicted octanol–water partition coefficient (Wildman–Crippen LogP) is 2.99. The first-order valence-corrected chi connectivity index (χ1v) is 9.57. The van der Waals surface area contributed by atoms with E-state index in [0.717, 1.165) is 42.8 Å². The highest BCUT2D eigenvalue weighted by Gasteiger charge is 2.17. The predicted molar refractivity (Wildman–Crippen MR) is 109 cm³/mol. The Bertz CT molecular complexity index is 717. The Hall–Kier alpha value is -1.99. The van der Waals surface area contributed by atoms with Gasteiger partial charge in [0.2, 0.25) is 5.95 Å². The van der Waals surface area contributed by atoms with Gasteiger partial charge < -0.3 is 20.4 Å². The normalized spacial score (nSPS) is 12.0. The van der Waals surface area contributed by atoms with E-state index in [2.05, 4.69) is 34.4 Å². The SMILES string of the molecule is CCCCCn1c(-c2ccccc2OC)cnc1NCC(=O)C(N)CS. The van der Waals surface area contributed by atoms with Gasteiger partial charge in [0, 0.05) is 17.9 Å². The number of nitrogens with one attached hydrogen (secondary N) is 1. The van der Waals surface area contributed by atoms with Crippen LogP contribution in [0, 0.1) is 0 Å². The van der Waals surface area contributed by atoms with Gasteiger partial charge in [-0.15, -0.1) is 0 Å². The van der Waals surface area contributed by atoms with Gasteiger partial charge in [0.1, 0.15) is 5.75 Å². The molecule has 1 unspecified atom stereocenters. The molecule has 1 aromatic carbocycles. The van der Waals surface area contributed by atoms with E-state index in [1.807, 2.05) is 30.5 Å². The first kappa shape index (κ1) is 20.3. The Morgan fingerprint density at radius 3 is 2.85 bits per heavy atom. The second-order valence-electron chi connectivity index (χ2n) is 6.14. The molecule has 3 N–H and O–H groups in total. The van der Waals surface area contributed by atoms with Crippen molar-refractivity contribution in [2.45, 2.75) is 38.8 Å². The monoisotopic (exact) mass is 376 g/mol. The summed E-state index contributed by atoms with van der Waals surface area (Å²) in [7, 11) is 1.66. The number of hydrogen-bond donors (Lipinski definition) is 3. The van der Waals surface area contributed by atoms with Crippen molar-refractivity contribution in [1.82, 2.24) is 9.55 Å².